The largest absolute Gasteiger partial charge is 1.00 e. The van der Waals surface area contributed by atoms with E-state index in [1.807, 2.05) is 12.1 Å². The number of benzene rings is 1. The lowest BCUT2D eigenvalue weighted by Crippen LogP contribution is -3.00. The van der Waals surface area contributed by atoms with Crippen molar-refractivity contribution in [2.75, 3.05) is 0 Å². The summed E-state index contributed by atoms with van der Waals surface area (Å²) in [6.45, 7) is 3.47. The summed E-state index contributed by atoms with van der Waals surface area (Å²) >= 11 is 5.98. The van der Waals surface area contributed by atoms with Gasteiger partial charge in [-0.1, -0.05) is 23.7 Å². The van der Waals surface area contributed by atoms with Crippen molar-refractivity contribution in [2.24, 2.45) is 0 Å². The van der Waals surface area contributed by atoms with E-state index in [0.717, 1.165) is 4.73 Å². The van der Waals surface area contributed by atoms with Crippen LogP contribution in [0.25, 0.3) is 11.5 Å². The van der Waals surface area contributed by atoms with Gasteiger partial charge in [-0.05, 0) is 12.1 Å². The van der Waals surface area contributed by atoms with Gasteiger partial charge in [-0.3, -0.25) is 0 Å². The van der Waals surface area contributed by atoms with Crippen LogP contribution >= 0.6 is 11.6 Å². The molecule has 2 rings (SSSR count). The molecule has 0 N–H and O–H groups in total. The molecular formula is C11H10Cl2NO2-. The highest BCUT2D eigenvalue weighted by molar-refractivity contribution is 6.33. The Labute approximate surface area is 105 Å². The van der Waals surface area contributed by atoms with E-state index in [0.29, 0.717) is 22.0 Å². The minimum atomic E-state index is 0. The number of hydrogen-bond acceptors (Lipinski definition) is 2. The number of aromatic nitrogens is 1. The first-order valence-corrected chi connectivity index (χ1v) is 4.93. The van der Waals surface area contributed by atoms with Crippen molar-refractivity contribution in [3.05, 3.63) is 45.9 Å². The lowest BCUT2D eigenvalue weighted by molar-refractivity contribution is -0.602. The molecule has 5 heteroatoms. The molecule has 0 amide bonds. The Morgan fingerprint density at radius 1 is 1.25 bits per heavy atom. The molecule has 1 aromatic carbocycles. The summed E-state index contributed by atoms with van der Waals surface area (Å²) in [5, 5.41) is 12.2. The number of hydrogen-bond donors (Lipinski definition) is 0. The fourth-order valence-corrected chi connectivity index (χ4v) is 1.57. The van der Waals surface area contributed by atoms with E-state index in [9.17, 15) is 5.21 Å². The summed E-state index contributed by atoms with van der Waals surface area (Å²) in [4.78, 5) is 0. The van der Waals surface area contributed by atoms with Crippen LogP contribution in [0, 0.1) is 19.1 Å². The molecule has 0 spiro atoms. The molecule has 16 heavy (non-hydrogen) atoms. The van der Waals surface area contributed by atoms with Crippen molar-refractivity contribution in [1.29, 1.82) is 0 Å². The molecule has 0 aliphatic heterocycles. The molecule has 86 valence electrons. The van der Waals surface area contributed by atoms with Gasteiger partial charge in [-0.25, -0.2) is 0 Å². The predicted octanol–water partition coefficient (Wildman–Crippen LogP) is -0.146. The van der Waals surface area contributed by atoms with Gasteiger partial charge in [0.2, 0.25) is 5.69 Å². The molecule has 1 heterocycles. The van der Waals surface area contributed by atoms with Crippen LogP contribution in [0.15, 0.2) is 28.7 Å². The van der Waals surface area contributed by atoms with E-state index in [-0.39, 0.29) is 18.3 Å². The van der Waals surface area contributed by atoms with E-state index in [4.69, 9.17) is 16.0 Å². The maximum Gasteiger partial charge on any atom is 0.394 e. The first-order chi connectivity index (χ1) is 7.11. The van der Waals surface area contributed by atoms with E-state index in [1.165, 1.54) is 0 Å². The summed E-state index contributed by atoms with van der Waals surface area (Å²) in [6.07, 6.45) is 0. The van der Waals surface area contributed by atoms with Crippen LogP contribution < -0.4 is 17.1 Å². The first kappa shape index (κ1) is 12.9. The first-order valence-electron chi connectivity index (χ1n) is 4.55. The minimum absolute atomic E-state index is 0. The molecule has 1 aromatic heterocycles. The average Bonchev–Trinajstić information content (AvgIpc) is 2.47. The Morgan fingerprint density at radius 3 is 2.38 bits per heavy atom. The van der Waals surface area contributed by atoms with Gasteiger partial charge in [0.05, 0.1) is 5.02 Å². The normalized spacial score (nSPS) is 9.94. The van der Waals surface area contributed by atoms with E-state index in [2.05, 4.69) is 0 Å². The van der Waals surface area contributed by atoms with Crippen molar-refractivity contribution in [2.45, 2.75) is 13.8 Å². The van der Waals surface area contributed by atoms with Crippen LogP contribution in [0.3, 0.4) is 0 Å². The lowest BCUT2D eigenvalue weighted by Gasteiger charge is -1.99. The maximum absolute atomic E-state index is 11.7. The predicted molar refractivity (Wildman–Crippen MR) is 57.6 cm³/mol. The summed E-state index contributed by atoms with van der Waals surface area (Å²) < 4.78 is 6.14. The number of halogens is 2. The van der Waals surface area contributed by atoms with Crippen LogP contribution in [-0.4, -0.2) is 0 Å². The van der Waals surface area contributed by atoms with Gasteiger partial charge >= 0.3 is 5.89 Å². The lowest BCUT2D eigenvalue weighted by atomic mass is 10.2. The molecule has 0 aliphatic carbocycles. The Hall–Kier alpha value is -1.19. The van der Waals surface area contributed by atoms with Gasteiger partial charge in [0.1, 0.15) is 5.56 Å². The average molecular weight is 259 g/mol. The molecule has 0 bridgehead atoms. The quantitative estimate of drug-likeness (QED) is 0.528. The SMILES string of the molecule is Cc1oc(-c2ccccc2Cl)[n+]([O-])c1C.[Cl-]. The fraction of sp³-hybridized carbons (Fsp3) is 0.182. The highest BCUT2D eigenvalue weighted by Crippen LogP contribution is 2.26. The standard InChI is InChI=1S/C11H10ClNO2.ClH/c1-7-8(2)15-11(13(7)14)9-5-3-4-6-10(9)12;/h3-6H,1-2H3;1H/p-1. The minimum Gasteiger partial charge on any atom is -1.00 e. The zero-order valence-electron chi connectivity index (χ0n) is 8.83. The molecule has 3 nitrogen and oxygen atoms in total. The summed E-state index contributed by atoms with van der Waals surface area (Å²) in [5.74, 6) is 0.857. The third-order valence-electron chi connectivity index (χ3n) is 2.35. The molecule has 0 radical (unpaired) electrons. The highest BCUT2D eigenvalue weighted by atomic mass is 35.5. The topological polar surface area (TPSA) is 40.1 Å². The van der Waals surface area contributed by atoms with Gasteiger partial charge in [-0.2, -0.15) is 0 Å². The van der Waals surface area contributed by atoms with Crippen LogP contribution in [-0.2, 0) is 0 Å². The smallest absolute Gasteiger partial charge is 0.394 e. The molecular weight excluding hydrogens is 249 g/mol. The van der Waals surface area contributed by atoms with Crippen LogP contribution in [0.2, 0.25) is 5.02 Å². The number of aryl methyl sites for hydroxylation is 1. The van der Waals surface area contributed by atoms with Gasteiger partial charge in [0.15, 0.2) is 5.76 Å². The van der Waals surface area contributed by atoms with E-state index < -0.39 is 0 Å². The van der Waals surface area contributed by atoms with Crippen molar-refractivity contribution in [3.63, 3.8) is 0 Å². The Kier molecular flexibility index (Phi) is 3.83. The Balaban J connectivity index is 0.00000128. The summed E-state index contributed by atoms with van der Waals surface area (Å²) in [6, 6.07) is 7.11. The zero-order valence-corrected chi connectivity index (χ0v) is 10.3. The molecule has 0 fully saturated rings. The maximum atomic E-state index is 11.7. The molecule has 0 aliphatic rings. The molecule has 0 unspecified atom stereocenters. The van der Waals surface area contributed by atoms with Crippen LogP contribution in [0.5, 0.6) is 0 Å². The number of rotatable bonds is 1. The van der Waals surface area contributed by atoms with Crippen molar-refractivity contribution < 1.29 is 21.6 Å². The Morgan fingerprint density at radius 2 is 1.88 bits per heavy atom. The van der Waals surface area contributed by atoms with Crippen LogP contribution in [0.4, 0.5) is 0 Å². The second kappa shape index (κ2) is 4.76. The third-order valence-corrected chi connectivity index (χ3v) is 2.68. The van der Waals surface area contributed by atoms with Crippen molar-refractivity contribution >= 4 is 11.6 Å². The zero-order chi connectivity index (χ0) is 11.0. The summed E-state index contributed by atoms with van der Waals surface area (Å²) in [5.41, 5.74) is 1.18. The van der Waals surface area contributed by atoms with Crippen molar-refractivity contribution in [3.8, 4) is 11.5 Å². The molecule has 2 aromatic rings. The van der Waals surface area contributed by atoms with Gasteiger partial charge in [0.25, 0.3) is 0 Å². The molecule has 0 atom stereocenters. The second-order valence-electron chi connectivity index (χ2n) is 3.32. The monoisotopic (exact) mass is 258 g/mol. The summed E-state index contributed by atoms with van der Waals surface area (Å²) in [7, 11) is 0. The molecule has 0 saturated carbocycles. The number of nitrogens with zero attached hydrogens (tertiary/aromatic N) is 1. The fourth-order valence-electron chi connectivity index (χ4n) is 1.35. The number of oxazole rings is 1. The van der Waals surface area contributed by atoms with Gasteiger partial charge in [-0.15, -0.1) is 4.73 Å². The van der Waals surface area contributed by atoms with E-state index in [1.54, 1.807) is 26.0 Å². The Bertz CT molecular complexity index is 509. The molecule has 0 saturated heterocycles. The third kappa shape index (κ3) is 2.01. The second-order valence-corrected chi connectivity index (χ2v) is 3.73. The van der Waals surface area contributed by atoms with Crippen LogP contribution in [0.1, 0.15) is 11.5 Å². The van der Waals surface area contributed by atoms with E-state index >= 15 is 0 Å². The van der Waals surface area contributed by atoms with Gasteiger partial charge < -0.3 is 22.0 Å². The highest BCUT2D eigenvalue weighted by Gasteiger charge is 2.21. The van der Waals surface area contributed by atoms with Gasteiger partial charge in [0, 0.05) is 13.8 Å². The van der Waals surface area contributed by atoms with Crippen molar-refractivity contribution in [1.82, 2.24) is 0 Å².